The van der Waals surface area contributed by atoms with Gasteiger partial charge >= 0.3 is 0 Å². The van der Waals surface area contributed by atoms with E-state index in [0.717, 1.165) is 11.1 Å². The van der Waals surface area contributed by atoms with E-state index >= 15 is 0 Å². The summed E-state index contributed by atoms with van der Waals surface area (Å²) in [6, 6.07) is 22.9. The van der Waals surface area contributed by atoms with Crippen LogP contribution in [0.4, 0.5) is 4.39 Å². The summed E-state index contributed by atoms with van der Waals surface area (Å²) in [6.07, 6.45) is 3.32. The molecule has 3 aromatic carbocycles. The van der Waals surface area contributed by atoms with Crippen LogP contribution >= 0.6 is 0 Å². The molecule has 0 aliphatic heterocycles. The smallest absolute Gasteiger partial charge is 0.185 e. The third kappa shape index (κ3) is 4.88. The van der Waals surface area contributed by atoms with Crippen molar-refractivity contribution in [2.45, 2.75) is 6.61 Å². The molecule has 0 heterocycles. The van der Waals surface area contributed by atoms with E-state index in [1.54, 1.807) is 48.6 Å². The van der Waals surface area contributed by atoms with Crippen LogP contribution in [-0.4, -0.2) is 5.78 Å². The van der Waals surface area contributed by atoms with Gasteiger partial charge in [-0.2, -0.15) is 0 Å². The number of hydrogen-bond acceptors (Lipinski definition) is 2. The van der Waals surface area contributed by atoms with Crippen LogP contribution in [0.2, 0.25) is 0 Å². The van der Waals surface area contributed by atoms with E-state index in [4.69, 9.17) is 4.74 Å². The fraction of sp³-hybridized carbons (Fsp3) is 0.0455. The molecular weight excluding hydrogens is 315 g/mol. The summed E-state index contributed by atoms with van der Waals surface area (Å²) < 4.78 is 18.8. The van der Waals surface area contributed by atoms with E-state index in [9.17, 15) is 9.18 Å². The number of ketones is 1. The zero-order valence-electron chi connectivity index (χ0n) is 13.6. The average molecular weight is 332 g/mol. The molecule has 0 amide bonds. The highest BCUT2D eigenvalue weighted by molar-refractivity contribution is 6.07. The van der Waals surface area contributed by atoms with Crippen LogP contribution in [0, 0.1) is 5.82 Å². The molecule has 124 valence electrons. The number of benzene rings is 3. The van der Waals surface area contributed by atoms with Gasteiger partial charge in [0.15, 0.2) is 5.78 Å². The van der Waals surface area contributed by atoms with E-state index < -0.39 is 0 Å². The van der Waals surface area contributed by atoms with Gasteiger partial charge in [0, 0.05) is 5.56 Å². The molecule has 0 aromatic heterocycles. The molecule has 0 saturated heterocycles. The molecule has 0 bridgehead atoms. The molecule has 0 fully saturated rings. The zero-order valence-corrected chi connectivity index (χ0v) is 13.6. The van der Waals surface area contributed by atoms with Crippen molar-refractivity contribution in [1.29, 1.82) is 0 Å². The fourth-order valence-corrected chi connectivity index (χ4v) is 2.36. The molecule has 0 spiro atoms. The number of hydrogen-bond donors (Lipinski definition) is 0. The molecule has 25 heavy (non-hydrogen) atoms. The Balaban J connectivity index is 1.66. The lowest BCUT2D eigenvalue weighted by atomic mass is 10.1. The zero-order chi connectivity index (χ0) is 17.5. The van der Waals surface area contributed by atoms with Gasteiger partial charge < -0.3 is 4.74 Å². The highest BCUT2D eigenvalue weighted by Crippen LogP contribution is 2.17. The van der Waals surface area contributed by atoms with Gasteiger partial charge in [0.1, 0.15) is 18.2 Å². The van der Waals surface area contributed by atoms with Crippen molar-refractivity contribution in [1.82, 2.24) is 0 Å². The maximum Gasteiger partial charge on any atom is 0.185 e. The summed E-state index contributed by atoms with van der Waals surface area (Å²) in [5, 5.41) is 0. The topological polar surface area (TPSA) is 26.3 Å². The number of carbonyl (C=O) groups is 1. The summed E-state index contributed by atoms with van der Waals surface area (Å²) in [7, 11) is 0. The Morgan fingerprint density at radius 1 is 0.920 bits per heavy atom. The number of carbonyl (C=O) groups excluding carboxylic acids is 1. The maximum absolute atomic E-state index is 13.2. The van der Waals surface area contributed by atoms with E-state index in [0.29, 0.717) is 11.3 Å². The SMILES string of the molecule is O=C(/C=C/c1ccccc1)c1cccc(OCc2cccc(F)c2)c1. The fourth-order valence-electron chi connectivity index (χ4n) is 2.36. The van der Waals surface area contributed by atoms with Gasteiger partial charge in [0.2, 0.25) is 0 Å². The molecule has 0 saturated carbocycles. The molecule has 3 rings (SSSR count). The van der Waals surface area contributed by atoms with Crippen LogP contribution in [0.5, 0.6) is 5.75 Å². The molecular formula is C22H17FO2. The van der Waals surface area contributed by atoms with Crippen LogP contribution in [-0.2, 0) is 6.61 Å². The molecule has 3 aromatic rings. The second-order valence-corrected chi connectivity index (χ2v) is 5.55. The van der Waals surface area contributed by atoms with Crippen molar-refractivity contribution >= 4 is 11.9 Å². The maximum atomic E-state index is 13.2. The minimum Gasteiger partial charge on any atom is -0.489 e. The molecule has 0 radical (unpaired) electrons. The Bertz CT molecular complexity index is 885. The second kappa shape index (κ2) is 8.06. The first kappa shape index (κ1) is 16.7. The van der Waals surface area contributed by atoms with Gasteiger partial charge in [-0.05, 0) is 41.5 Å². The summed E-state index contributed by atoms with van der Waals surface area (Å²) in [4.78, 5) is 12.3. The Kier molecular flexibility index (Phi) is 5.37. The Morgan fingerprint density at radius 2 is 1.72 bits per heavy atom. The van der Waals surface area contributed by atoms with Gasteiger partial charge in [-0.25, -0.2) is 4.39 Å². The summed E-state index contributed by atoms with van der Waals surface area (Å²) in [5.41, 5.74) is 2.25. The number of halogens is 1. The quantitative estimate of drug-likeness (QED) is 0.452. The molecule has 0 aliphatic rings. The predicted molar refractivity (Wildman–Crippen MR) is 97.0 cm³/mol. The average Bonchev–Trinajstić information content (AvgIpc) is 2.65. The summed E-state index contributed by atoms with van der Waals surface area (Å²) in [5.74, 6) is 0.180. The number of rotatable bonds is 6. The monoisotopic (exact) mass is 332 g/mol. The lowest BCUT2D eigenvalue weighted by Gasteiger charge is -2.07. The molecule has 0 aliphatic carbocycles. The van der Waals surface area contributed by atoms with Crippen LogP contribution < -0.4 is 4.74 Å². The molecule has 2 nitrogen and oxygen atoms in total. The molecule has 3 heteroatoms. The van der Waals surface area contributed by atoms with Crippen LogP contribution in [0.3, 0.4) is 0 Å². The van der Waals surface area contributed by atoms with Crippen LogP contribution in [0.1, 0.15) is 21.5 Å². The number of allylic oxidation sites excluding steroid dienone is 1. The Morgan fingerprint density at radius 3 is 2.52 bits per heavy atom. The van der Waals surface area contributed by atoms with Crippen molar-refractivity contribution in [3.05, 3.63) is 107 Å². The van der Waals surface area contributed by atoms with Crippen molar-refractivity contribution in [3.8, 4) is 5.75 Å². The van der Waals surface area contributed by atoms with E-state index in [1.807, 2.05) is 30.3 Å². The minimum atomic E-state index is -0.295. The third-order valence-electron chi connectivity index (χ3n) is 3.64. The van der Waals surface area contributed by atoms with Crippen LogP contribution in [0.15, 0.2) is 84.9 Å². The van der Waals surface area contributed by atoms with Gasteiger partial charge in [0.25, 0.3) is 0 Å². The molecule has 0 atom stereocenters. The first-order chi connectivity index (χ1) is 12.2. The largest absolute Gasteiger partial charge is 0.489 e. The first-order valence-electron chi connectivity index (χ1n) is 7.95. The Hall–Kier alpha value is -3.20. The summed E-state index contributed by atoms with van der Waals surface area (Å²) in [6.45, 7) is 0.245. The van der Waals surface area contributed by atoms with Gasteiger partial charge in [-0.3, -0.25) is 4.79 Å². The minimum absolute atomic E-state index is 0.0972. The molecule has 0 N–H and O–H groups in total. The second-order valence-electron chi connectivity index (χ2n) is 5.55. The van der Waals surface area contributed by atoms with Crippen molar-refractivity contribution < 1.29 is 13.9 Å². The van der Waals surface area contributed by atoms with Crippen molar-refractivity contribution in [2.24, 2.45) is 0 Å². The normalized spacial score (nSPS) is 10.8. The number of ether oxygens (including phenoxy) is 1. The third-order valence-corrected chi connectivity index (χ3v) is 3.64. The van der Waals surface area contributed by atoms with Crippen LogP contribution in [0.25, 0.3) is 6.08 Å². The van der Waals surface area contributed by atoms with Gasteiger partial charge in [0.05, 0.1) is 0 Å². The van der Waals surface area contributed by atoms with E-state index in [2.05, 4.69) is 0 Å². The van der Waals surface area contributed by atoms with Gasteiger partial charge in [-0.15, -0.1) is 0 Å². The Labute approximate surface area is 146 Å². The molecule has 0 unspecified atom stereocenters. The highest BCUT2D eigenvalue weighted by Gasteiger charge is 2.04. The standard InChI is InChI=1S/C22H17FO2/c23-20-10-4-8-18(14-20)16-25-21-11-5-9-19(15-21)22(24)13-12-17-6-2-1-3-7-17/h1-15H,16H2/b13-12+. The lowest BCUT2D eigenvalue weighted by molar-refractivity contribution is 0.104. The first-order valence-corrected chi connectivity index (χ1v) is 7.95. The highest BCUT2D eigenvalue weighted by atomic mass is 19.1. The van der Waals surface area contributed by atoms with Crippen molar-refractivity contribution in [2.75, 3.05) is 0 Å². The van der Waals surface area contributed by atoms with E-state index in [-0.39, 0.29) is 18.2 Å². The van der Waals surface area contributed by atoms with Gasteiger partial charge in [-0.1, -0.05) is 60.7 Å². The van der Waals surface area contributed by atoms with Crippen molar-refractivity contribution in [3.63, 3.8) is 0 Å². The van der Waals surface area contributed by atoms with E-state index in [1.165, 1.54) is 12.1 Å². The summed E-state index contributed by atoms with van der Waals surface area (Å²) >= 11 is 0. The lowest BCUT2D eigenvalue weighted by Crippen LogP contribution is -1.98. The predicted octanol–water partition coefficient (Wildman–Crippen LogP) is 5.30.